The van der Waals surface area contributed by atoms with Crippen LogP contribution >= 0.6 is 11.6 Å². The normalized spacial score (nSPS) is 11.0. The highest BCUT2D eigenvalue weighted by Gasteiger charge is 2.08. The molecule has 0 aliphatic rings. The van der Waals surface area contributed by atoms with Gasteiger partial charge in [0.05, 0.1) is 12.6 Å². The van der Waals surface area contributed by atoms with Crippen molar-refractivity contribution in [2.24, 2.45) is 5.10 Å². The lowest BCUT2D eigenvalue weighted by molar-refractivity contribution is -0.120. The second-order valence-corrected chi connectivity index (χ2v) is 7.51. The third-order valence-corrected chi connectivity index (χ3v) is 5.08. The zero-order valence-corrected chi connectivity index (χ0v) is 17.5. The summed E-state index contributed by atoms with van der Waals surface area (Å²) < 4.78 is 6.08. The van der Waals surface area contributed by atoms with Crippen molar-refractivity contribution in [3.63, 3.8) is 0 Å². The Kier molecular flexibility index (Phi) is 6.60. The Morgan fingerprint density at radius 1 is 0.871 bits per heavy atom. The zero-order chi connectivity index (χ0) is 21.5. The summed E-state index contributed by atoms with van der Waals surface area (Å²) in [5.41, 5.74) is 5.37. The molecule has 0 bridgehead atoms. The molecule has 4 aromatic carbocycles. The number of carbonyl (C=O) groups is 1. The first-order valence-corrected chi connectivity index (χ1v) is 10.3. The van der Waals surface area contributed by atoms with Gasteiger partial charge in [0.1, 0.15) is 12.4 Å². The molecular formula is C26H21ClN2O2. The maximum atomic E-state index is 12.2. The summed E-state index contributed by atoms with van der Waals surface area (Å²) in [6.07, 6.45) is 1.91. The SMILES string of the molecule is O=C(Cc1ccccc1)N/N=C\c1c(OCc2ccc(Cl)cc2)ccc2ccccc12. The molecule has 5 heteroatoms. The van der Waals surface area contributed by atoms with Gasteiger partial charge in [0.2, 0.25) is 5.91 Å². The minimum Gasteiger partial charge on any atom is -0.488 e. The standard InChI is InChI=1S/C26H21ClN2O2/c27-22-13-10-20(11-14-22)18-31-25-15-12-21-8-4-5-9-23(21)24(25)17-28-29-26(30)16-19-6-2-1-3-7-19/h1-15,17H,16,18H2,(H,29,30)/b28-17-. The summed E-state index contributed by atoms with van der Waals surface area (Å²) in [5, 5.41) is 6.95. The fourth-order valence-corrected chi connectivity index (χ4v) is 3.39. The molecule has 4 aromatic rings. The van der Waals surface area contributed by atoms with E-state index in [9.17, 15) is 4.79 Å². The number of hydrazone groups is 1. The van der Waals surface area contributed by atoms with Gasteiger partial charge in [-0.3, -0.25) is 4.79 Å². The molecule has 0 heterocycles. The first-order valence-electron chi connectivity index (χ1n) is 9.94. The fraction of sp³-hybridized carbons (Fsp3) is 0.0769. The lowest BCUT2D eigenvalue weighted by Gasteiger charge is -2.12. The first kappa shape index (κ1) is 20.6. The van der Waals surface area contributed by atoms with Crippen LogP contribution in [0.1, 0.15) is 16.7 Å². The van der Waals surface area contributed by atoms with Crippen molar-refractivity contribution in [2.75, 3.05) is 0 Å². The largest absolute Gasteiger partial charge is 0.488 e. The molecule has 0 spiro atoms. The van der Waals surface area contributed by atoms with Crippen LogP contribution in [0.25, 0.3) is 10.8 Å². The van der Waals surface area contributed by atoms with Crippen LogP contribution in [0.15, 0.2) is 96.1 Å². The quantitative estimate of drug-likeness (QED) is 0.300. The van der Waals surface area contributed by atoms with E-state index in [4.69, 9.17) is 16.3 Å². The number of nitrogens with one attached hydrogen (secondary N) is 1. The van der Waals surface area contributed by atoms with Crippen molar-refractivity contribution >= 4 is 34.5 Å². The Balaban J connectivity index is 1.52. The van der Waals surface area contributed by atoms with Gasteiger partial charge in [-0.05, 0) is 40.1 Å². The van der Waals surface area contributed by atoms with E-state index in [0.29, 0.717) is 17.4 Å². The first-order chi connectivity index (χ1) is 15.2. The van der Waals surface area contributed by atoms with E-state index in [1.165, 1.54) is 0 Å². The molecule has 31 heavy (non-hydrogen) atoms. The van der Waals surface area contributed by atoms with E-state index >= 15 is 0 Å². The van der Waals surface area contributed by atoms with Gasteiger partial charge in [-0.25, -0.2) is 5.43 Å². The van der Waals surface area contributed by atoms with E-state index in [0.717, 1.165) is 27.5 Å². The molecule has 4 rings (SSSR count). The molecule has 0 unspecified atom stereocenters. The molecule has 0 aromatic heterocycles. The van der Waals surface area contributed by atoms with Gasteiger partial charge < -0.3 is 4.74 Å². The van der Waals surface area contributed by atoms with Gasteiger partial charge >= 0.3 is 0 Å². The lowest BCUT2D eigenvalue weighted by Crippen LogP contribution is -2.19. The summed E-state index contributed by atoms with van der Waals surface area (Å²) in [4.78, 5) is 12.2. The Hall–Kier alpha value is -3.63. The second kappa shape index (κ2) is 9.92. The summed E-state index contributed by atoms with van der Waals surface area (Å²) in [6.45, 7) is 0.400. The van der Waals surface area contributed by atoms with Crippen molar-refractivity contribution in [3.05, 3.63) is 113 Å². The Bertz CT molecular complexity index is 1210. The average Bonchev–Trinajstić information content (AvgIpc) is 2.80. The molecule has 0 atom stereocenters. The number of nitrogens with zero attached hydrogens (tertiary/aromatic N) is 1. The molecule has 1 N–H and O–H groups in total. The molecule has 0 saturated carbocycles. The summed E-state index contributed by atoms with van der Waals surface area (Å²) in [7, 11) is 0. The van der Waals surface area contributed by atoms with Crippen molar-refractivity contribution in [3.8, 4) is 5.75 Å². The number of amides is 1. The van der Waals surface area contributed by atoms with Crippen LogP contribution in [0.5, 0.6) is 5.75 Å². The van der Waals surface area contributed by atoms with Crippen LogP contribution < -0.4 is 10.2 Å². The minimum absolute atomic E-state index is 0.175. The number of benzene rings is 4. The number of hydrogen-bond acceptors (Lipinski definition) is 3. The molecule has 0 aliphatic heterocycles. The highest BCUT2D eigenvalue weighted by atomic mass is 35.5. The fourth-order valence-electron chi connectivity index (χ4n) is 3.27. The second-order valence-electron chi connectivity index (χ2n) is 7.07. The zero-order valence-electron chi connectivity index (χ0n) is 16.8. The van der Waals surface area contributed by atoms with E-state index in [-0.39, 0.29) is 12.3 Å². The van der Waals surface area contributed by atoms with Crippen molar-refractivity contribution in [1.29, 1.82) is 0 Å². The maximum Gasteiger partial charge on any atom is 0.244 e. The van der Waals surface area contributed by atoms with Crippen LogP contribution in [-0.2, 0) is 17.8 Å². The Morgan fingerprint density at radius 2 is 1.61 bits per heavy atom. The number of ether oxygens (including phenoxy) is 1. The summed E-state index contributed by atoms with van der Waals surface area (Å²) in [5.74, 6) is 0.515. The molecule has 0 fully saturated rings. The van der Waals surface area contributed by atoms with Gasteiger partial charge in [0.25, 0.3) is 0 Å². The average molecular weight is 429 g/mol. The summed E-state index contributed by atoms with van der Waals surface area (Å²) in [6, 6.07) is 29.0. The van der Waals surface area contributed by atoms with Crippen molar-refractivity contribution < 1.29 is 9.53 Å². The van der Waals surface area contributed by atoms with E-state index in [1.54, 1.807) is 6.21 Å². The Morgan fingerprint density at radius 3 is 2.42 bits per heavy atom. The van der Waals surface area contributed by atoms with Gasteiger partial charge in [0.15, 0.2) is 0 Å². The molecule has 1 amide bonds. The number of halogens is 1. The van der Waals surface area contributed by atoms with Gasteiger partial charge in [-0.1, -0.05) is 84.4 Å². The van der Waals surface area contributed by atoms with E-state index in [2.05, 4.69) is 10.5 Å². The molecule has 154 valence electrons. The van der Waals surface area contributed by atoms with Crippen molar-refractivity contribution in [2.45, 2.75) is 13.0 Å². The number of rotatable bonds is 7. The number of fused-ring (bicyclic) bond motifs is 1. The highest BCUT2D eigenvalue weighted by molar-refractivity contribution is 6.30. The number of hydrogen-bond donors (Lipinski definition) is 1. The van der Waals surface area contributed by atoms with Crippen LogP contribution in [0, 0.1) is 0 Å². The Labute approximate surface area is 186 Å². The highest BCUT2D eigenvalue weighted by Crippen LogP contribution is 2.27. The molecule has 0 aliphatic carbocycles. The van der Waals surface area contributed by atoms with Crippen LogP contribution in [-0.4, -0.2) is 12.1 Å². The van der Waals surface area contributed by atoms with Crippen LogP contribution in [0.4, 0.5) is 0 Å². The predicted octanol–water partition coefficient (Wildman–Crippen LogP) is 5.77. The molecule has 0 saturated heterocycles. The van der Waals surface area contributed by atoms with Gasteiger partial charge in [-0.15, -0.1) is 0 Å². The maximum absolute atomic E-state index is 12.2. The molecule has 4 nitrogen and oxygen atoms in total. The van der Waals surface area contributed by atoms with Crippen molar-refractivity contribution in [1.82, 2.24) is 5.43 Å². The third kappa shape index (κ3) is 5.50. The minimum atomic E-state index is -0.175. The topological polar surface area (TPSA) is 50.7 Å². The lowest BCUT2D eigenvalue weighted by atomic mass is 10.0. The number of carbonyl (C=O) groups excluding carboxylic acids is 1. The predicted molar refractivity (Wildman–Crippen MR) is 126 cm³/mol. The van der Waals surface area contributed by atoms with Crippen LogP contribution in [0.3, 0.4) is 0 Å². The van der Waals surface area contributed by atoms with E-state index < -0.39 is 0 Å². The van der Waals surface area contributed by atoms with E-state index in [1.807, 2.05) is 91.0 Å². The third-order valence-electron chi connectivity index (χ3n) is 4.83. The summed E-state index contributed by atoms with van der Waals surface area (Å²) >= 11 is 5.96. The van der Waals surface area contributed by atoms with Gasteiger partial charge in [0, 0.05) is 10.6 Å². The monoisotopic (exact) mass is 428 g/mol. The van der Waals surface area contributed by atoms with Crippen LogP contribution in [0.2, 0.25) is 5.02 Å². The smallest absolute Gasteiger partial charge is 0.244 e. The molecule has 0 radical (unpaired) electrons. The molecular weight excluding hydrogens is 408 g/mol. The van der Waals surface area contributed by atoms with Gasteiger partial charge in [-0.2, -0.15) is 5.10 Å².